The number of hydrogen-bond acceptors (Lipinski definition) is 14. The third-order valence-corrected chi connectivity index (χ3v) is 26.6. The summed E-state index contributed by atoms with van der Waals surface area (Å²) >= 11 is 0. The van der Waals surface area contributed by atoms with Crippen molar-refractivity contribution >= 4 is 35.8 Å². The van der Waals surface area contributed by atoms with Crippen LogP contribution in [0.25, 0.3) is 0 Å². The molecule has 0 saturated heterocycles. The normalized spacial score (nSPS) is 13.3. The molecule has 0 amide bonds. The topological polar surface area (TPSA) is 164 Å². The largest absolute Gasteiger partial charge is 0.466 e. The van der Waals surface area contributed by atoms with Crippen molar-refractivity contribution in [2.75, 3.05) is 59.7 Å². The minimum atomic E-state index is -0.0669. The molecule has 0 N–H and O–H groups in total. The van der Waals surface area contributed by atoms with Gasteiger partial charge in [-0.05, 0) is 211 Å². The maximum absolute atomic E-state index is 13.2. The van der Waals surface area contributed by atoms with E-state index in [-0.39, 0.29) is 48.0 Å². The molecule has 0 aliphatic rings. The molecule has 0 aliphatic heterocycles. The van der Waals surface area contributed by atoms with Gasteiger partial charge in [-0.25, -0.2) is 0 Å². The van der Waals surface area contributed by atoms with Crippen LogP contribution >= 0.6 is 0 Å². The van der Waals surface area contributed by atoms with Gasteiger partial charge in [-0.15, -0.1) is 0 Å². The van der Waals surface area contributed by atoms with Crippen LogP contribution in [0.2, 0.25) is 0 Å². The molecule has 0 bridgehead atoms. The first-order valence-corrected chi connectivity index (χ1v) is 52.9. The number of hydrogen-bond donors (Lipinski definition) is 0. The molecule has 0 rings (SSSR count). The van der Waals surface area contributed by atoms with Gasteiger partial charge in [0.2, 0.25) is 0 Å². The molecule has 120 heavy (non-hydrogen) atoms. The van der Waals surface area contributed by atoms with Crippen molar-refractivity contribution < 1.29 is 57.2 Å². The molecule has 0 radical (unpaired) electrons. The van der Waals surface area contributed by atoms with Crippen molar-refractivity contribution in [1.29, 1.82) is 0 Å². The summed E-state index contributed by atoms with van der Waals surface area (Å²) in [6.07, 6.45) is 74.7. The summed E-state index contributed by atoms with van der Waals surface area (Å²) in [6.45, 7) is 33.1. The van der Waals surface area contributed by atoms with Crippen LogP contribution in [0, 0.1) is 35.5 Å². The maximum atomic E-state index is 13.2. The lowest BCUT2D eigenvalue weighted by Gasteiger charge is -2.31. The Morgan fingerprint density at radius 2 is 0.508 bits per heavy atom. The summed E-state index contributed by atoms with van der Waals surface area (Å²) in [5, 5.41) is 0. The molecule has 6 atom stereocenters. The SMILES string of the molecule is CCCCCC(CCCCC)CCOC(=O)CCCCCCCCCC(CCCCCCCC(=O)OCCC(CCCCC)CCC(CC)C(CCC)CC(CCCCC)CCOC(=O)CCCCCCCCCC(CCCCCCCC(=O)OCCC(CCCCC)CCCCC)OC(=O)CCCN(CC)CC)OC(=O)CCCN(C)C(C)C. The van der Waals surface area contributed by atoms with Crippen molar-refractivity contribution in [1.82, 2.24) is 9.80 Å². The molecule has 0 aromatic rings. The van der Waals surface area contributed by atoms with Gasteiger partial charge >= 0.3 is 35.8 Å². The third kappa shape index (κ3) is 74.9. The van der Waals surface area contributed by atoms with E-state index in [0.717, 1.165) is 232 Å². The summed E-state index contributed by atoms with van der Waals surface area (Å²) in [7, 11) is 2.11. The summed E-state index contributed by atoms with van der Waals surface area (Å²) in [5.74, 6) is 3.52. The van der Waals surface area contributed by atoms with Crippen LogP contribution in [-0.2, 0) is 57.2 Å². The van der Waals surface area contributed by atoms with Gasteiger partial charge < -0.3 is 38.2 Å². The first kappa shape index (κ1) is 117. The Balaban J connectivity index is 5.08. The van der Waals surface area contributed by atoms with E-state index < -0.39 is 0 Å². The molecule has 710 valence electrons. The number of esters is 6. The second kappa shape index (κ2) is 87.8. The average molecular weight is 1700 g/mol. The zero-order valence-electron chi connectivity index (χ0n) is 82.1. The lowest BCUT2D eigenvalue weighted by molar-refractivity contribution is -0.151. The Hall–Kier alpha value is -3.26. The van der Waals surface area contributed by atoms with E-state index in [9.17, 15) is 28.8 Å². The molecule has 0 heterocycles. The Labute approximate surface area is 744 Å². The quantitative estimate of drug-likeness (QED) is 0.0321. The molecule has 0 aromatic carbocycles. The van der Waals surface area contributed by atoms with E-state index >= 15 is 0 Å². The Bertz CT molecular complexity index is 2240. The van der Waals surface area contributed by atoms with E-state index in [2.05, 4.69) is 99.9 Å². The lowest BCUT2D eigenvalue weighted by Crippen LogP contribution is -2.28. The van der Waals surface area contributed by atoms with Crippen LogP contribution in [0.4, 0.5) is 0 Å². The molecule has 0 aromatic heterocycles. The summed E-state index contributed by atoms with van der Waals surface area (Å²) in [4.78, 5) is 82.4. The lowest BCUT2D eigenvalue weighted by atomic mass is 9.75. The van der Waals surface area contributed by atoms with Crippen LogP contribution in [-0.4, -0.2) is 124 Å². The van der Waals surface area contributed by atoms with Gasteiger partial charge in [-0.2, -0.15) is 0 Å². The smallest absolute Gasteiger partial charge is 0.306 e. The van der Waals surface area contributed by atoms with Gasteiger partial charge in [0.15, 0.2) is 0 Å². The van der Waals surface area contributed by atoms with Crippen molar-refractivity contribution in [2.24, 2.45) is 35.5 Å². The van der Waals surface area contributed by atoms with Crippen LogP contribution in [0.1, 0.15) is 533 Å². The molecule has 14 nitrogen and oxygen atoms in total. The third-order valence-electron chi connectivity index (χ3n) is 26.6. The van der Waals surface area contributed by atoms with E-state index in [4.69, 9.17) is 28.4 Å². The van der Waals surface area contributed by atoms with Gasteiger partial charge in [0.25, 0.3) is 0 Å². The number of unbranched alkanes of at least 4 members (excludes halogenated alkanes) is 32. The number of carbonyl (C=O) groups is 6. The highest BCUT2D eigenvalue weighted by molar-refractivity contribution is 5.71. The predicted octanol–water partition coefficient (Wildman–Crippen LogP) is 30.8. The highest BCUT2D eigenvalue weighted by Gasteiger charge is 2.26. The van der Waals surface area contributed by atoms with Crippen molar-refractivity contribution in [3.05, 3.63) is 0 Å². The Morgan fingerprint density at radius 3 is 0.800 bits per heavy atom. The van der Waals surface area contributed by atoms with Gasteiger partial charge in [-0.1, -0.05) is 352 Å². The second-order valence-corrected chi connectivity index (χ2v) is 37.7. The van der Waals surface area contributed by atoms with E-state index in [1.165, 1.54) is 205 Å². The summed E-state index contributed by atoms with van der Waals surface area (Å²) < 4.78 is 35.7. The van der Waals surface area contributed by atoms with Gasteiger partial charge in [0, 0.05) is 44.6 Å². The average Bonchev–Trinajstić information content (AvgIpc) is 0.885. The fourth-order valence-corrected chi connectivity index (χ4v) is 18.1. The van der Waals surface area contributed by atoms with Crippen LogP contribution in [0.3, 0.4) is 0 Å². The van der Waals surface area contributed by atoms with Crippen molar-refractivity contribution in [3.8, 4) is 0 Å². The van der Waals surface area contributed by atoms with Crippen molar-refractivity contribution in [3.63, 3.8) is 0 Å². The monoisotopic (exact) mass is 1700 g/mol. The molecule has 0 spiro atoms. The number of nitrogens with zero attached hydrogens (tertiary/aromatic N) is 2. The molecule has 6 unspecified atom stereocenters. The second-order valence-electron chi connectivity index (χ2n) is 37.7. The van der Waals surface area contributed by atoms with Gasteiger partial charge in [0.05, 0.1) is 26.4 Å². The highest BCUT2D eigenvalue weighted by atomic mass is 16.6. The molecule has 0 saturated carbocycles. The minimum Gasteiger partial charge on any atom is -0.466 e. The number of rotatable bonds is 94. The minimum absolute atomic E-state index is 0.0285. The highest BCUT2D eigenvalue weighted by Crippen LogP contribution is 2.37. The van der Waals surface area contributed by atoms with Gasteiger partial charge in [-0.3, -0.25) is 28.8 Å². The van der Waals surface area contributed by atoms with Crippen LogP contribution < -0.4 is 0 Å². The predicted molar refractivity (Wildman–Crippen MR) is 509 cm³/mol. The Morgan fingerprint density at radius 1 is 0.242 bits per heavy atom. The standard InChI is InChI=1S/C106H204N2O12/c1-14-24-46-63-93(64-47-25-15-2)81-87-115-101(109)73-56-42-34-30-32-38-52-69-99(119-105(113)77-60-85-107(13)92(11)12)71-54-40-36-45-59-76-103(111)117-89-83-95(67-50-28-18-5)79-80-97(21-8)98(62-20-7)91-96(68-51-29-19-6)84-90-118-104(112)74-57-43-35-31-33-39-53-70-100(120-106(114)78-61-86-108(22-9)23-10)72-55-41-37-44-58-75-102(110)116-88-82-94(65-48-26-16-3)66-49-27-17-4/h92-100H,14-91H2,1-13H3. The summed E-state index contributed by atoms with van der Waals surface area (Å²) in [6, 6.07) is 0.450. The first-order chi connectivity index (χ1) is 58.4. The molecule has 14 heteroatoms. The fourth-order valence-electron chi connectivity index (χ4n) is 18.1. The van der Waals surface area contributed by atoms with E-state index in [1.807, 2.05) is 0 Å². The van der Waals surface area contributed by atoms with Crippen LogP contribution in [0.5, 0.6) is 0 Å². The van der Waals surface area contributed by atoms with Gasteiger partial charge in [0.1, 0.15) is 12.2 Å². The maximum Gasteiger partial charge on any atom is 0.306 e. The molecular formula is C106H204N2O12. The fraction of sp³-hybridized carbons (Fsp3) is 0.943. The zero-order valence-corrected chi connectivity index (χ0v) is 82.1. The van der Waals surface area contributed by atoms with Crippen LogP contribution in [0.15, 0.2) is 0 Å². The Kier molecular flexibility index (Phi) is 85.4. The summed E-state index contributed by atoms with van der Waals surface area (Å²) in [5.41, 5.74) is 0. The number of carbonyl (C=O) groups excluding carboxylic acids is 6. The number of ether oxygens (including phenoxy) is 6. The van der Waals surface area contributed by atoms with E-state index in [0.29, 0.717) is 107 Å². The first-order valence-electron chi connectivity index (χ1n) is 52.9. The molecule has 0 aliphatic carbocycles. The van der Waals surface area contributed by atoms with E-state index in [1.54, 1.807) is 0 Å². The molecule has 0 fully saturated rings. The van der Waals surface area contributed by atoms with Crippen molar-refractivity contribution in [2.45, 2.75) is 551 Å². The zero-order chi connectivity index (χ0) is 88.2. The molecular weight excluding hydrogens is 1490 g/mol.